The van der Waals surface area contributed by atoms with Crippen molar-refractivity contribution in [2.45, 2.75) is 13.0 Å². The number of β-amino-alcohol motifs (C(OH)–C–C–N with tert-alkyl or cyclic N) is 1. The van der Waals surface area contributed by atoms with Crippen molar-refractivity contribution in [2.75, 3.05) is 32.7 Å². The minimum atomic E-state index is -0.305. The summed E-state index contributed by atoms with van der Waals surface area (Å²) in [7, 11) is 0. The van der Waals surface area contributed by atoms with Gasteiger partial charge < -0.3 is 10.0 Å². The summed E-state index contributed by atoms with van der Waals surface area (Å²) in [5, 5.41) is 11.2. The van der Waals surface area contributed by atoms with Crippen molar-refractivity contribution in [3.63, 3.8) is 0 Å². The van der Waals surface area contributed by atoms with Gasteiger partial charge in [-0.1, -0.05) is 0 Å². The van der Waals surface area contributed by atoms with Crippen LogP contribution in [0.4, 0.5) is 0 Å². The lowest BCUT2D eigenvalue weighted by Gasteiger charge is -2.35. The van der Waals surface area contributed by atoms with Crippen molar-refractivity contribution in [2.24, 2.45) is 0 Å². The van der Waals surface area contributed by atoms with Gasteiger partial charge in [0.1, 0.15) is 0 Å². The monoisotopic (exact) mass is 332 g/mol. The van der Waals surface area contributed by atoms with Gasteiger partial charge in [0.05, 0.1) is 15.5 Å². The number of rotatable bonds is 3. The van der Waals surface area contributed by atoms with Crippen LogP contribution in [0.3, 0.4) is 0 Å². The largest absolute Gasteiger partial charge is 0.392 e. The number of hydrogen-bond donors (Lipinski definition) is 1. The number of aliphatic hydroxyl groups excluding tert-OH is 1. The van der Waals surface area contributed by atoms with Crippen molar-refractivity contribution in [3.8, 4) is 0 Å². The fourth-order valence-corrected chi connectivity index (χ4v) is 3.24. The molecule has 4 nitrogen and oxygen atoms in total. The summed E-state index contributed by atoms with van der Waals surface area (Å²) in [5.41, 5.74) is 0.760. The van der Waals surface area contributed by atoms with E-state index >= 15 is 0 Å². The summed E-state index contributed by atoms with van der Waals surface area (Å²) in [4.78, 5) is 16.3. The average molecular weight is 333 g/mol. The molecule has 1 aliphatic rings. The first-order chi connectivity index (χ1) is 8.56. The molecular weight excluding hydrogens is 316 g/mol. The normalized spacial score (nSPS) is 18.9. The third-order valence-corrected chi connectivity index (χ3v) is 4.50. The third-order valence-electron chi connectivity index (χ3n) is 3.00. The Bertz CT molecular complexity index is 414. The van der Waals surface area contributed by atoms with E-state index < -0.39 is 0 Å². The molecule has 2 heterocycles. The zero-order valence-corrected chi connectivity index (χ0v) is 12.7. The van der Waals surface area contributed by atoms with Gasteiger partial charge in [0.15, 0.2) is 0 Å². The van der Waals surface area contributed by atoms with E-state index in [1.165, 1.54) is 11.3 Å². The molecule has 1 N–H and O–H groups in total. The molecule has 0 radical (unpaired) electrons. The van der Waals surface area contributed by atoms with E-state index in [1.54, 1.807) is 6.92 Å². The van der Waals surface area contributed by atoms with Crippen molar-refractivity contribution in [1.29, 1.82) is 0 Å². The Kier molecular flexibility index (Phi) is 4.77. The van der Waals surface area contributed by atoms with Crippen LogP contribution in [0.15, 0.2) is 15.2 Å². The molecular formula is C12H17BrN2O2S. The highest BCUT2D eigenvalue weighted by atomic mass is 79.9. The number of hydrogen-bond acceptors (Lipinski definition) is 4. The number of thiophene rings is 1. The van der Waals surface area contributed by atoms with E-state index in [-0.39, 0.29) is 12.0 Å². The maximum Gasteiger partial charge on any atom is 0.254 e. The molecule has 2 rings (SSSR count). The van der Waals surface area contributed by atoms with Gasteiger partial charge in [0.2, 0.25) is 0 Å². The summed E-state index contributed by atoms with van der Waals surface area (Å²) in [5.74, 6) is 0.105. The van der Waals surface area contributed by atoms with Gasteiger partial charge >= 0.3 is 0 Å². The molecule has 0 aromatic carbocycles. The molecule has 0 spiro atoms. The van der Waals surface area contributed by atoms with E-state index in [2.05, 4.69) is 20.8 Å². The number of piperazine rings is 1. The average Bonchev–Trinajstić information content (AvgIpc) is 2.75. The zero-order chi connectivity index (χ0) is 13.1. The van der Waals surface area contributed by atoms with Crippen molar-refractivity contribution < 1.29 is 9.90 Å². The Labute approximate surface area is 119 Å². The van der Waals surface area contributed by atoms with Crippen LogP contribution in [0, 0.1) is 0 Å². The van der Waals surface area contributed by atoms with E-state index in [0.29, 0.717) is 6.54 Å². The minimum Gasteiger partial charge on any atom is -0.392 e. The maximum atomic E-state index is 12.2. The third kappa shape index (κ3) is 3.54. The number of carbonyl (C=O) groups is 1. The highest BCUT2D eigenvalue weighted by molar-refractivity contribution is 9.11. The molecule has 0 aliphatic carbocycles. The van der Waals surface area contributed by atoms with Crippen molar-refractivity contribution >= 4 is 33.2 Å². The van der Waals surface area contributed by atoms with Gasteiger partial charge in [-0.05, 0) is 28.9 Å². The second-order valence-corrected chi connectivity index (χ2v) is 6.87. The molecule has 1 aromatic rings. The quantitative estimate of drug-likeness (QED) is 0.915. The summed E-state index contributed by atoms with van der Waals surface area (Å²) < 4.78 is 0.985. The molecule has 18 heavy (non-hydrogen) atoms. The minimum absolute atomic E-state index is 0.105. The molecule has 0 bridgehead atoms. The van der Waals surface area contributed by atoms with Crippen LogP contribution >= 0.6 is 27.3 Å². The Morgan fingerprint density at radius 1 is 1.50 bits per heavy atom. The fraction of sp³-hybridized carbons (Fsp3) is 0.583. The van der Waals surface area contributed by atoms with Crippen molar-refractivity contribution in [1.82, 2.24) is 9.80 Å². The summed E-state index contributed by atoms with van der Waals surface area (Å²) in [6.45, 7) is 5.62. The predicted octanol–water partition coefficient (Wildman–Crippen LogP) is 1.65. The molecule has 0 saturated carbocycles. The number of carbonyl (C=O) groups excluding carboxylic acids is 1. The van der Waals surface area contributed by atoms with E-state index in [1.807, 2.05) is 16.3 Å². The molecule has 1 aromatic heterocycles. The van der Waals surface area contributed by atoms with E-state index in [0.717, 1.165) is 35.5 Å². The number of amides is 1. The van der Waals surface area contributed by atoms with Crippen LogP contribution in [-0.4, -0.2) is 59.6 Å². The van der Waals surface area contributed by atoms with Gasteiger partial charge in [-0.3, -0.25) is 9.69 Å². The van der Waals surface area contributed by atoms with Gasteiger partial charge in [-0.2, -0.15) is 0 Å². The molecule has 6 heteroatoms. The zero-order valence-electron chi connectivity index (χ0n) is 10.3. The molecule has 1 aliphatic heterocycles. The van der Waals surface area contributed by atoms with Gasteiger partial charge in [-0.15, -0.1) is 11.3 Å². The van der Waals surface area contributed by atoms with Crippen LogP contribution in [-0.2, 0) is 0 Å². The highest BCUT2D eigenvalue weighted by Gasteiger charge is 2.23. The SMILES string of the molecule is C[C@@H](O)CN1CCN(C(=O)c2csc(Br)c2)CC1. The summed E-state index contributed by atoms with van der Waals surface area (Å²) in [6, 6.07) is 1.87. The first-order valence-corrected chi connectivity index (χ1v) is 7.67. The van der Waals surface area contributed by atoms with E-state index in [9.17, 15) is 9.90 Å². The second-order valence-electron chi connectivity index (χ2n) is 4.58. The number of nitrogens with zero attached hydrogens (tertiary/aromatic N) is 2. The van der Waals surface area contributed by atoms with Crippen molar-refractivity contribution in [3.05, 3.63) is 20.8 Å². The molecule has 1 fully saturated rings. The molecule has 1 amide bonds. The second kappa shape index (κ2) is 6.14. The smallest absolute Gasteiger partial charge is 0.254 e. The molecule has 1 atom stereocenters. The summed E-state index contributed by atoms with van der Waals surface area (Å²) >= 11 is 4.90. The maximum absolute atomic E-state index is 12.2. The molecule has 100 valence electrons. The van der Waals surface area contributed by atoms with Crippen LogP contribution in [0.1, 0.15) is 17.3 Å². The first-order valence-electron chi connectivity index (χ1n) is 6.00. The topological polar surface area (TPSA) is 43.8 Å². The fourth-order valence-electron chi connectivity index (χ4n) is 2.11. The summed E-state index contributed by atoms with van der Waals surface area (Å²) in [6.07, 6.45) is -0.305. The van der Waals surface area contributed by atoms with Crippen LogP contribution in [0.25, 0.3) is 0 Å². The lowest BCUT2D eigenvalue weighted by molar-refractivity contribution is 0.0554. The highest BCUT2D eigenvalue weighted by Crippen LogP contribution is 2.22. The molecule has 0 unspecified atom stereocenters. The van der Waals surface area contributed by atoms with Crippen LogP contribution < -0.4 is 0 Å². The first kappa shape index (κ1) is 14.0. The number of halogens is 1. The predicted molar refractivity (Wildman–Crippen MR) is 76.0 cm³/mol. The lowest BCUT2D eigenvalue weighted by atomic mass is 10.2. The van der Waals surface area contributed by atoms with E-state index in [4.69, 9.17) is 0 Å². The standard InChI is InChI=1S/C12H17BrN2O2S/c1-9(16)7-14-2-4-15(5-3-14)12(17)10-6-11(13)18-8-10/h6,8-9,16H,2-5,7H2,1H3/t9-/m1/s1. The molecule has 1 saturated heterocycles. The Morgan fingerprint density at radius 3 is 2.67 bits per heavy atom. The lowest BCUT2D eigenvalue weighted by Crippen LogP contribution is -2.50. The number of aliphatic hydroxyl groups is 1. The Balaban J connectivity index is 1.88. The van der Waals surface area contributed by atoms with Crippen LogP contribution in [0.2, 0.25) is 0 Å². The van der Waals surface area contributed by atoms with Crippen LogP contribution in [0.5, 0.6) is 0 Å². The Hall–Kier alpha value is -0.430. The van der Waals surface area contributed by atoms with Gasteiger partial charge in [0.25, 0.3) is 5.91 Å². The van der Waals surface area contributed by atoms with Gasteiger partial charge in [0, 0.05) is 38.1 Å². The van der Waals surface area contributed by atoms with Gasteiger partial charge in [-0.25, -0.2) is 0 Å². The Morgan fingerprint density at radius 2 is 2.17 bits per heavy atom.